The summed E-state index contributed by atoms with van der Waals surface area (Å²) in [5.41, 5.74) is 6.18. The summed E-state index contributed by atoms with van der Waals surface area (Å²) in [6, 6.07) is 4.95. The minimum absolute atomic E-state index is 0.0104. The van der Waals surface area contributed by atoms with Crippen molar-refractivity contribution >= 4 is 29.2 Å². The van der Waals surface area contributed by atoms with Gasteiger partial charge < -0.3 is 30.6 Å². The van der Waals surface area contributed by atoms with Crippen LogP contribution in [-0.2, 0) is 20.6 Å². The number of carbonyl (C=O) groups is 3. The number of amides is 2. The smallest absolute Gasteiger partial charge is 0.419 e. The quantitative estimate of drug-likeness (QED) is 0.540. The molecule has 0 fully saturated rings. The van der Waals surface area contributed by atoms with Crippen molar-refractivity contribution in [2.24, 2.45) is 5.73 Å². The van der Waals surface area contributed by atoms with Crippen molar-refractivity contribution in [2.75, 3.05) is 13.7 Å². The Morgan fingerprint density at radius 1 is 1.08 bits per heavy atom. The summed E-state index contributed by atoms with van der Waals surface area (Å²) in [4.78, 5) is 38.4. The molecule has 10 heteroatoms. The Morgan fingerprint density at radius 2 is 1.72 bits per heavy atom. The molecule has 1 heterocycles. The van der Waals surface area contributed by atoms with E-state index in [1.54, 1.807) is 27.0 Å². The number of aromatic nitrogens is 1. The molecule has 0 saturated carbocycles. The van der Waals surface area contributed by atoms with E-state index in [-0.39, 0.29) is 18.9 Å². The van der Waals surface area contributed by atoms with Crippen LogP contribution in [0.1, 0.15) is 65.5 Å². The second-order valence-corrected chi connectivity index (χ2v) is 11.2. The summed E-state index contributed by atoms with van der Waals surface area (Å²) >= 11 is 0. The Hall–Kier alpha value is -3.27. The van der Waals surface area contributed by atoms with Gasteiger partial charge in [-0.05, 0) is 65.2 Å². The molecular weight excluding hydrogens is 464 g/mol. The molecular formula is C26H38N4O6. The summed E-state index contributed by atoms with van der Waals surface area (Å²) in [6.45, 7) is 12.7. The third-order valence-corrected chi connectivity index (χ3v) is 6.36. The average Bonchev–Trinajstić information content (AvgIpc) is 3.09. The number of nitrogens with one attached hydrogen (secondary N) is 2. The molecule has 0 saturated heterocycles. The maximum atomic E-state index is 13.0. The first-order chi connectivity index (χ1) is 16.6. The van der Waals surface area contributed by atoms with Gasteiger partial charge in [-0.25, -0.2) is 14.4 Å². The van der Waals surface area contributed by atoms with Gasteiger partial charge in [0.2, 0.25) is 0 Å². The van der Waals surface area contributed by atoms with Crippen molar-refractivity contribution < 1.29 is 28.6 Å². The Balaban J connectivity index is 2.18. The van der Waals surface area contributed by atoms with Crippen LogP contribution >= 0.6 is 0 Å². The van der Waals surface area contributed by atoms with Gasteiger partial charge in [0.05, 0.1) is 24.2 Å². The molecule has 1 aromatic heterocycles. The van der Waals surface area contributed by atoms with Crippen LogP contribution in [0, 0.1) is 0 Å². The van der Waals surface area contributed by atoms with Crippen molar-refractivity contribution in [3.05, 3.63) is 35.5 Å². The second-order valence-electron chi connectivity index (χ2n) is 11.2. The molecule has 198 valence electrons. The van der Waals surface area contributed by atoms with E-state index >= 15 is 0 Å². The van der Waals surface area contributed by atoms with E-state index in [0.29, 0.717) is 5.52 Å². The normalized spacial score (nSPS) is 21.9. The lowest BCUT2D eigenvalue weighted by atomic mass is 9.75. The second kappa shape index (κ2) is 9.65. The van der Waals surface area contributed by atoms with Gasteiger partial charge >= 0.3 is 18.3 Å². The summed E-state index contributed by atoms with van der Waals surface area (Å²) in [6.07, 6.45) is 0.190. The van der Waals surface area contributed by atoms with Crippen LogP contribution in [0.2, 0.25) is 0 Å². The molecule has 2 amide bonds. The van der Waals surface area contributed by atoms with Crippen molar-refractivity contribution in [2.45, 2.75) is 83.6 Å². The van der Waals surface area contributed by atoms with Gasteiger partial charge in [-0.3, -0.25) is 4.57 Å². The number of rotatable bonds is 3. The first kappa shape index (κ1) is 27.3. The van der Waals surface area contributed by atoms with Gasteiger partial charge in [0.1, 0.15) is 11.2 Å². The maximum absolute atomic E-state index is 13.0. The number of hydrogen-bond acceptors (Lipinski definition) is 7. The summed E-state index contributed by atoms with van der Waals surface area (Å²) in [5.74, 6) is -0.374. The topological polar surface area (TPSA) is 134 Å². The highest BCUT2D eigenvalue weighted by Crippen LogP contribution is 2.42. The predicted octanol–water partition coefficient (Wildman–Crippen LogP) is 4.03. The summed E-state index contributed by atoms with van der Waals surface area (Å²) in [5, 5.41) is 6.71. The molecule has 2 aromatic rings. The van der Waals surface area contributed by atoms with E-state index in [9.17, 15) is 14.4 Å². The van der Waals surface area contributed by atoms with Crippen molar-refractivity contribution in [1.82, 2.24) is 15.2 Å². The van der Waals surface area contributed by atoms with Crippen molar-refractivity contribution in [1.29, 1.82) is 0 Å². The number of hydrogen-bond donors (Lipinski definition) is 3. The first-order valence-corrected chi connectivity index (χ1v) is 12.0. The van der Waals surface area contributed by atoms with Crippen LogP contribution in [0.3, 0.4) is 0 Å². The lowest BCUT2D eigenvalue weighted by Crippen LogP contribution is -2.68. The van der Waals surface area contributed by atoms with E-state index in [1.165, 1.54) is 11.7 Å². The van der Waals surface area contributed by atoms with Crippen LogP contribution in [0.5, 0.6) is 0 Å². The fourth-order valence-electron chi connectivity index (χ4n) is 4.79. The van der Waals surface area contributed by atoms with Gasteiger partial charge in [-0.1, -0.05) is 19.1 Å². The van der Waals surface area contributed by atoms with Crippen LogP contribution in [0.25, 0.3) is 10.9 Å². The standard InChI is InChI=1S/C26H38N4O6/c1-15-17-10-9-11-18-20(17)16(13-30(18)23(33)36-25(5,6)7)12-19(28-21(31)35-24(2,3)4)26(15,14-27)29-22(32)34-8/h9-11,13,15,19H,12,14,27H2,1-8H3,(H,28,31)(H,29,32)/t15-,19-,26-/m0/s1. The molecule has 36 heavy (non-hydrogen) atoms. The molecule has 10 nitrogen and oxygen atoms in total. The number of nitrogens with zero attached hydrogens (tertiary/aromatic N) is 1. The van der Waals surface area contributed by atoms with Crippen LogP contribution in [0.4, 0.5) is 14.4 Å². The number of methoxy groups -OCH3 is 1. The zero-order valence-corrected chi connectivity index (χ0v) is 22.4. The number of nitrogens with two attached hydrogens (primary N) is 1. The van der Waals surface area contributed by atoms with Gasteiger partial charge in [0.15, 0.2) is 0 Å². The minimum atomic E-state index is -1.11. The average molecular weight is 503 g/mol. The maximum Gasteiger partial charge on any atom is 0.419 e. The Kier molecular flexibility index (Phi) is 7.32. The van der Waals surface area contributed by atoms with Crippen LogP contribution in [0.15, 0.2) is 24.4 Å². The number of carbonyl (C=O) groups excluding carboxylic acids is 3. The molecule has 1 aliphatic rings. The SMILES string of the molecule is COC(=O)N[C@]1(CN)[C@@H](NC(=O)OC(C)(C)C)Cc2cn(C(=O)OC(C)(C)C)c3cccc(c23)[C@@H]1C. The van der Waals surface area contributed by atoms with Gasteiger partial charge in [0.25, 0.3) is 0 Å². The van der Waals surface area contributed by atoms with Crippen molar-refractivity contribution in [3.8, 4) is 0 Å². The third kappa shape index (κ3) is 5.43. The highest BCUT2D eigenvalue weighted by molar-refractivity contribution is 5.95. The molecule has 0 unspecified atom stereocenters. The van der Waals surface area contributed by atoms with E-state index in [1.807, 2.05) is 45.9 Å². The third-order valence-electron chi connectivity index (χ3n) is 6.36. The summed E-state index contributed by atoms with van der Waals surface area (Å²) < 4.78 is 17.5. The first-order valence-electron chi connectivity index (χ1n) is 12.0. The highest BCUT2D eigenvalue weighted by atomic mass is 16.6. The summed E-state index contributed by atoms with van der Waals surface area (Å²) in [7, 11) is 1.27. The molecule has 0 bridgehead atoms. The van der Waals surface area contributed by atoms with Crippen molar-refractivity contribution in [3.63, 3.8) is 0 Å². The fraction of sp³-hybridized carbons (Fsp3) is 0.577. The molecule has 4 N–H and O–H groups in total. The largest absolute Gasteiger partial charge is 0.453 e. The lowest BCUT2D eigenvalue weighted by molar-refractivity contribution is 0.0451. The highest BCUT2D eigenvalue weighted by Gasteiger charge is 2.49. The number of ether oxygens (including phenoxy) is 3. The molecule has 1 aliphatic carbocycles. The van der Waals surface area contributed by atoms with Crippen LogP contribution in [-0.4, -0.2) is 59.3 Å². The Morgan fingerprint density at radius 3 is 2.28 bits per heavy atom. The zero-order valence-electron chi connectivity index (χ0n) is 22.4. The van der Waals surface area contributed by atoms with Gasteiger partial charge in [-0.2, -0.15) is 0 Å². The fourth-order valence-corrected chi connectivity index (χ4v) is 4.79. The minimum Gasteiger partial charge on any atom is -0.453 e. The molecule has 0 spiro atoms. The van der Waals surface area contributed by atoms with Gasteiger partial charge in [-0.15, -0.1) is 0 Å². The Labute approximate surface area is 211 Å². The van der Waals surface area contributed by atoms with E-state index in [4.69, 9.17) is 19.9 Å². The lowest BCUT2D eigenvalue weighted by Gasteiger charge is -2.44. The Bertz CT molecular complexity index is 1160. The van der Waals surface area contributed by atoms with Gasteiger partial charge in [0, 0.05) is 24.0 Å². The van der Waals surface area contributed by atoms with Crippen LogP contribution < -0.4 is 16.4 Å². The molecule has 0 radical (unpaired) electrons. The number of alkyl carbamates (subject to hydrolysis) is 2. The zero-order chi connectivity index (χ0) is 27.1. The van der Waals surface area contributed by atoms with E-state index < -0.39 is 41.1 Å². The molecule has 0 aliphatic heterocycles. The molecule has 1 aromatic carbocycles. The number of benzene rings is 1. The monoisotopic (exact) mass is 502 g/mol. The molecule has 3 atom stereocenters. The predicted molar refractivity (Wildman–Crippen MR) is 136 cm³/mol. The van der Waals surface area contributed by atoms with E-state index in [2.05, 4.69) is 10.6 Å². The van der Waals surface area contributed by atoms with E-state index in [0.717, 1.165) is 16.5 Å². The molecule has 3 rings (SSSR count).